The quantitative estimate of drug-likeness (QED) is 0.629. The van der Waals surface area contributed by atoms with E-state index in [1.807, 2.05) is 0 Å². The lowest BCUT2D eigenvalue weighted by Crippen LogP contribution is -2.35. The molecule has 1 fully saturated rings. The van der Waals surface area contributed by atoms with E-state index in [9.17, 15) is 4.79 Å². The molecule has 0 unspecified atom stereocenters. The first-order valence-corrected chi connectivity index (χ1v) is 7.82. The number of hydrogen-bond acceptors (Lipinski definition) is 3. The summed E-state index contributed by atoms with van der Waals surface area (Å²) in [5, 5.41) is 11.6. The number of nitrogens with one attached hydrogen (secondary N) is 1. The number of unbranched alkanes of at least 4 members (excludes halogenated alkanes) is 1. The molecule has 0 saturated heterocycles. The molecule has 0 heterocycles. The van der Waals surface area contributed by atoms with Crippen molar-refractivity contribution in [3.63, 3.8) is 0 Å². The Bertz CT molecular complexity index is 240. The van der Waals surface area contributed by atoms with Gasteiger partial charge in [-0.05, 0) is 45.7 Å². The molecule has 0 aromatic heterocycles. The molecule has 0 aliphatic heterocycles. The zero-order valence-corrected chi connectivity index (χ0v) is 12.4. The lowest BCUT2D eigenvalue weighted by molar-refractivity contribution is -0.121. The molecule has 0 aromatic rings. The molecule has 1 saturated carbocycles. The summed E-state index contributed by atoms with van der Waals surface area (Å²) in [4.78, 5) is 13.9. The van der Waals surface area contributed by atoms with E-state index < -0.39 is 0 Å². The van der Waals surface area contributed by atoms with Crippen LogP contribution in [0, 0.1) is 0 Å². The summed E-state index contributed by atoms with van der Waals surface area (Å²) in [7, 11) is 2.21. The van der Waals surface area contributed by atoms with Crippen molar-refractivity contribution >= 4 is 5.91 Å². The fraction of sp³-hybridized carbons (Fsp3) is 0.933. The van der Waals surface area contributed by atoms with Crippen LogP contribution in [0.3, 0.4) is 0 Å². The van der Waals surface area contributed by atoms with Gasteiger partial charge in [0, 0.05) is 25.6 Å². The first-order chi connectivity index (χ1) is 9.24. The maximum Gasteiger partial charge on any atom is 0.219 e. The van der Waals surface area contributed by atoms with Crippen LogP contribution in [-0.4, -0.2) is 48.7 Å². The molecule has 1 aliphatic carbocycles. The van der Waals surface area contributed by atoms with Crippen molar-refractivity contribution < 1.29 is 9.90 Å². The average Bonchev–Trinajstić information content (AvgIpc) is 2.44. The van der Waals surface area contributed by atoms with E-state index in [2.05, 4.69) is 17.3 Å². The summed E-state index contributed by atoms with van der Waals surface area (Å²) < 4.78 is 0. The van der Waals surface area contributed by atoms with Gasteiger partial charge in [0.05, 0.1) is 0 Å². The van der Waals surface area contributed by atoms with Crippen LogP contribution in [0.2, 0.25) is 0 Å². The summed E-state index contributed by atoms with van der Waals surface area (Å²) in [5.41, 5.74) is 0. The topological polar surface area (TPSA) is 52.6 Å². The van der Waals surface area contributed by atoms with Crippen molar-refractivity contribution in [2.45, 2.75) is 63.8 Å². The second-order valence-electron chi connectivity index (χ2n) is 5.66. The summed E-state index contributed by atoms with van der Waals surface area (Å²) in [6.07, 6.45) is 9.88. The van der Waals surface area contributed by atoms with Gasteiger partial charge in [0.1, 0.15) is 0 Å². The van der Waals surface area contributed by atoms with Crippen molar-refractivity contribution in [2.24, 2.45) is 0 Å². The Kier molecular flexibility index (Phi) is 8.84. The molecular weight excluding hydrogens is 240 g/mol. The van der Waals surface area contributed by atoms with Crippen LogP contribution in [0.25, 0.3) is 0 Å². The molecule has 112 valence electrons. The smallest absolute Gasteiger partial charge is 0.219 e. The summed E-state index contributed by atoms with van der Waals surface area (Å²) >= 11 is 0. The minimum Gasteiger partial charge on any atom is -0.396 e. The number of rotatable bonds is 9. The molecule has 0 aromatic carbocycles. The van der Waals surface area contributed by atoms with Gasteiger partial charge in [-0.25, -0.2) is 0 Å². The van der Waals surface area contributed by atoms with E-state index in [-0.39, 0.29) is 12.5 Å². The van der Waals surface area contributed by atoms with Crippen molar-refractivity contribution in [1.29, 1.82) is 0 Å². The molecule has 4 nitrogen and oxygen atoms in total. The molecular formula is C15H30N2O2. The van der Waals surface area contributed by atoms with E-state index in [1.54, 1.807) is 0 Å². The third-order valence-electron chi connectivity index (χ3n) is 4.02. The van der Waals surface area contributed by atoms with Crippen molar-refractivity contribution in [3.05, 3.63) is 0 Å². The van der Waals surface area contributed by atoms with E-state index in [1.165, 1.54) is 32.1 Å². The number of carbonyl (C=O) groups is 1. The summed E-state index contributed by atoms with van der Waals surface area (Å²) in [6.45, 7) is 2.02. The first-order valence-electron chi connectivity index (χ1n) is 7.82. The highest BCUT2D eigenvalue weighted by Gasteiger charge is 2.17. The van der Waals surface area contributed by atoms with Crippen LogP contribution in [0.1, 0.15) is 57.8 Å². The second-order valence-corrected chi connectivity index (χ2v) is 5.66. The highest BCUT2D eigenvalue weighted by molar-refractivity contribution is 5.75. The molecule has 1 aliphatic rings. The van der Waals surface area contributed by atoms with Gasteiger partial charge in [-0.1, -0.05) is 19.3 Å². The minimum atomic E-state index is 0.119. The summed E-state index contributed by atoms with van der Waals surface area (Å²) in [6, 6.07) is 0.758. The molecule has 1 rings (SSSR count). The Hall–Kier alpha value is -0.610. The molecule has 0 bridgehead atoms. The van der Waals surface area contributed by atoms with E-state index >= 15 is 0 Å². The Morgan fingerprint density at radius 3 is 2.63 bits per heavy atom. The molecule has 0 radical (unpaired) electrons. The maximum atomic E-state index is 11.5. The Labute approximate surface area is 117 Å². The fourth-order valence-electron chi connectivity index (χ4n) is 2.75. The highest BCUT2D eigenvalue weighted by Crippen LogP contribution is 2.21. The molecule has 1 amide bonds. The standard InChI is InChI=1S/C15H30N2O2/c1-17(14-8-3-2-4-9-14)12-7-11-16-15(19)10-5-6-13-18/h14,18H,2-13H2,1H3,(H,16,19). The number of aliphatic hydroxyl groups excluding tert-OH is 1. The van der Waals surface area contributed by atoms with E-state index in [0.717, 1.165) is 38.4 Å². The van der Waals surface area contributed by atoms with Crippen LogP contribution < -0.4 is 5.32 Å². The van der Waals surface area contributed by atoms with E-state index in [4.69, 9.17) is 5.11 Å². The van der Waals surface area contributed by atoms with Gasteiger partial charge in [0.2, 0.25) is 5.91 Å². The van der Waals surface area contributed by atoms with Crippen LogP contribution in [0.5, 0.6) is 0 Å². The zero-order valence-electron chi connectivity index (χ0n) is 12.4. The minimum absolute atomic E-state index is 0.119. The van der Waals surface area contributed by atoms with Gasteiger partial charge in [-0.3, -0.25) is 4.79 Å². The van der Waals surface area contributed by atoms with Gasteiger partial charge in [0.25, 0.3) is 0 Å². The normalized spacial score (nSPS) is 16.8. The van der Waals surface area contributed by atoms with Gasteiger partial charge in [-0.2, -0.15) is 0 Å². The number of hydrogen-bond donors (Lipinski definition) is 2. The highest BCUT2D eigenvalue weighted by atomic mass is 16.2. The number of carbonyl (C=O) groups excluding carboxylic acids is 1. The Morgan fingerprint density at radius 1 is 1.21 bits per heavy atom. The maximum absolute atomic E-state index is 11.5. The SMILES string of the molecule is CN(CCCNC(=O)CCCCO)C1CCCCC1. The lowest BCUT2D eigenvalue weighted by Gasteiger charge is -2.31. The fourth-order valence-corrected chi connectivity index (χ4v) is 2.75. The Morgan fingerprint density at radius 2 is 1.95 bits per heavy atom. The van der Waals surface area contributed by atoms with Crippen molar-refractivity contribution in [3.8, 4) is 0 Å². The molecule has 19 heavy (non-hydrogen) atoms. The number of aliphatic hydroxyl groups is 1. The van der Waals surface area contributed by atoms with Crippen LogP contribution >= 0.6 is 0 Å². The van der Waals surface area contributed by atoms with Crippen molar-refractivity contribution in [1.82, 2.24) is 10.2 Å². The van der Waals surface area contributed by atoms with Crippen LogP contribution in [0.4, 0.5) is 0 Å². The van der Waals surface area contributed by atoms with Gasteiger partial charge in [-0.15, -0.1) is 0 Å². The van der Waals surface area contributed by atoms with Crippen LogP contribution in [-0.2, 0) is 4.79 Å². The predicted molar refractivity (Wildman–Crippen MR) is 78.1 cm³/mol. The number of amides is 1. The first kappa shape index (κ1) is 16.4. The third kappa shape index (κ3) is 7.53. The van der Waals surface area contributed by atoms with Gasteiger partial charge in [0.15, 0.2) is 0 Å². The van der Waals surface area contributed by atoms with Gasteiger partial charge >= 0.3 is 0 Å². The third-order valence-corrected chi connectivity index (χ3v) is 4.02. The molecule has 0 atom stereocenters. The summed E-state index contributed by atoms with van der Waals surface area (Å²) in [5.74, 6) is 0.119. The van der Waals surface area contributed by atoms with Gasteiger partial charge < -0.3 is 15.3 Å². The Balaban J connectivity index is 1.98. The average molecular weight is 270 g/mol. The molecule has 0 spiro atoms. The monoisotopic (exact) mass is 270 g/mol. The van der Waals surface area contributed by atoms with Crippen LogP contribution in [0.15, 0.2) is 0 Å². The number of nitrogens with zero attached hydrogens (tertiary/aromatic N) is 1. The predicted octanol–water partition coefficient (Wildman–Crippen LogP) is 1.92. The van der Waals surface area contributed by atoms with Crippen molar-refractivity contribution in [2.75, 3.05) is 26.7 Å². The second kappa shape index (κ2) is 10.2. The largest absolute Gasteiger partial charge is 0.396 e. The lowest BCUT2D eigenvalue weighted by atomic mass is 9.94. The molecule has 2 N–H and O–H groups in total. The molecule has 4 heteroatoms. The van der Waals surface area contributed by atoms with E-state index in [0.29, 0.717) is 6.42 Å². The zero-order chi connectivity index (χ0) is 13.9.